The quantitative estimate of drug-likeness (QED) is 0.560. The van der Waals surface area contributed by atoms with E-state index in [1.807, 2.05) is 0 Å². The van der Waals surface area contributed by atoms with Crippen LogP contribution < -0.4 is 11.1 Å². The lowest BCUT2D eigenvalue weighted by Gasteiger charge is -2.12. The van der Waals surface area contributed by atoms with Crippen LogP contribution in [0.25, 0.3) is 0 Å². The van der Waals surface area contributed by atoms with E-state index in [1.54, 1.807) is 12.1 Å². The first-order valence-electron chi connectivity index (χ1n) is 6.07. The van der Waals surface area contributed by atoms with Crippen LogP contribution in [-0.4, -0.2) is 25.5 Å². The van der Waals surface area contributed by atoms with Gasteiger partial charge in [-0.2, -0.15) is 0 Å². The lowest BCUT2D eigenvalue weighted by Crippen LogP contribution is -2.16. The molecule has 110 valence electrons. The van der Waals surface area contributed by atoms with Crippen molar-refractivity contribution in [2.45, 2.75) is 19.3 Å². The molecule has 0 unspecified atom stereocenters. The number of carbonyl (C=O) groups excluding carboxylic acids is 2. The largest absolute Gasteiger partial charge is 0.465 e. The van der Waals surface area contributed by atoms with Gasteiger partial charge in [0.1, 0.15) is 0 Å². The van der Waals surface area contributed by atoms with E-state index in [2.05, 4.69) is 37.2 Å². The minimum Gasteiger partial charge on any atom is -0.465 e. The molecule has 0 atom stereocenters. The molecule has 3 N–H and O–H groups in total. The SMILES string of the molecule is COC(=O)c1cc(Br)cc(Br)c1NC(=O)CCCCN. The Morgan fingerprint density at radius 3 is 2.60 bits per heavy atom. The summed E-state index contributed by atoms with van der Waals surface area (Å²) in [5.41, 5.74) is 6.09. The molecule has 0 spiro atoms. The third-order valence-corrected chi connectivity index (χ3v) is 3.67. The Kier molecular flexibility index (Phi) is 7.18. The van der Waals surface area contributed by atoms with Gasteiger partial charge in [0.15, 0.2) is 0 Å². The van der Waals surface area contributed by atoms with Crippen LogP contribution in [0, 0.1) is 0 Å². The Labute approximate surface area is 134 Å². The zero-order valence-corrected chi connectivity index (χ0v) is 14.2. The molecule has 0 radical (unpaired) electrons. The van der Waals surface area contributed by atoms with Crippen molar-refractivity contribution in [1.82, 2.24) is 0 Å². The zero-order chi connectivity index (χ0) is 15.1. The van der Waals surface area contributed by atoms with Crippen LogP contribution in [0.1, 0.15) is 29.6 Å². The molecule has 1 rings (SSSR count). The van der Waals surface area contributed by atoms with Gasteiger partial charge in [0.05, 0.1) is 18.4 Å². The highest BCUT2D eigenvalue weighted by atomic mass is 79.9. The summed E-state index contributed by atoms with van der Waals surface area (Å²) in [6.45, 7) is 0.558. The first-order chi connectivity index (χ1) is 9.49. The van der Waals surface area contributed by atoms with E-state index in [0.29, 0.717) is 39.6 Å². The topological polar surface area (TPSA) is 81.4 Å². The predicted octanol–water partition coefficient (Wildman–Crippen LogP) is 3.07. The first kappa shape index (κ1) is 17.1. The highest BCUT2D eigenvalue weighted by Gasteiger charge is 2.17. The fourth-order valence-electron chi connectivity index (χ4n) is 1.60. The van der Waals surface area contributed by atoms with Crippen LogP contribution in [-0.2, 0) is 9.53 Å². The molecule has 0 aliphatic rings. The number of nitrogens with one attached hydrogen (secondary N) is 1. The van der Waals surface area contributed by atoms with Crippen molar-refractivity contribution in [3.05, 3.63) is 26.6 Å². The molecule has 1 amide bonds. The summed E-state index contributed by atoms with van der Waals surface area (Å²) in [6.07, 6.45) is 1.86. The number of unbranched alkanes of at least 4 members (excludes halogenated alkanes) is 1. The van der Waals surface area contributed by atoms with Crippen molar-refractivity contribution in [2.75, 3.05) is 19.0 Å². The summed E-state index contributed by atoms with van der Waals surface area (Å²) in [6, 6.07) is 3.36. The van der Waals surface area contributed by atoms with Crippen molar-refractivity contribution in [2.24, 2.45) is 5.73 Å². The van der Waals surface area contributed by atoms with Crippen LogP contribution >= 0.6 is 31.9 Å². The number of rotatable bonds is 6. The molecule has 0 aliphatic carbocycles. The number of benzene rings is 1. The van der Waals surface area contributed by atoms with Crippen molar-refractivity contribution in [3.63, 3.8) is 0 Å². The monoisotopic (exact) mass is 406 g/mol. The van der Waals surface area contributed by atoms with Crippen molar-refractivity contribution in [1.29, 1.82) is 0 Å². The molecule has 0 saturated carbocycles. The lowest BCUT2D eigenvalue weighted by atomic mass is 10.1. The highest BCUT2D eigenvalue weighted by molar-refractivity contribution is 9.11. The van der Waals surface area contributed by atoms with Gasteiger partial charge in [-0.15, -0.1) is 0 Å². The van der Waals surface area contributed by atoms with Crippen LogP contribution in [0.4, 0.5) is 5.69 Å². The predicted molar refractivity (Wildman–Crippen MR) is 84.7 cm³/mol. The number of amides is 1. The van der Waals surface area contributed by atoms with E-state index in [0.717, 1.165) is 6.42 Å². The maximum Gasteiger partial charge on any atom is 0.340 e. The van der Waals surface area contributed by atoms with Gasteiger partial charge in [0, 0.05) is 15.4 Å². The summed E-state index contributed by atoms with van der Waals surface area (Å²) in [4.78, 5) is 23.6. The second-order valence-corrected chi connectivity index (χ2v) is 5.87. The third-order valence-electron chi connectivity index (χ3n) is 2.58. The summed E-state index contributed by atoms with van der Waals surface area (Å²) in [7, 11) is 1.30. The molecule has 1 aromatic carbocycles. The maximum absolute atomic E-state index is 11.9. The Bertz CT molecular complexity index is 507. The number of hydrogen-bond acceptors (Lipinski definition) is 4. The van der Waals surface area contributed by atoms with Gasteiger partial charge in [-0.25, -0.2) is 4.79 Å². The second-order valence-electron chi connectivity index (χ2n) is 4.10. The summed E-state index contributed by atoms with van der Waals surface area (Å²) >= 11 is 6.63. The van der Waals surface area contributed by atoms with Crippen molar-refractivity contribution < 1.29 is 14.3 Å². The number of anilines is 1. The summed E-state index contributed by atoms with van der Waals surface area (Å²) < 4.78 is 6.04. The summed E-state index contributed by atoms with van der Waals surface area (Å²) in [5.74, 6) is -0.670. The molecular weight excluding hydrogens is 392 g/mol. The average molecular weight is 408 g/mol. The van der Waals surface area contributed by atoms with Crippen LogP contribution in [0.3, 0.4) is 0 Å². The van der Waals surface area contributed by atoms with Crippen LogP contribution in [0.5, 0.6) is 0 Å². The highest BCUT2D eigenvalue weighted by Crippen LogP contribution is 2.31. The van der Waals surface area contributed by atoms with Gasteiger partial charge < -0.3 is 15.8 Å². The fraction of sp³-hybridized carbons (Fsp3) is 0.385. The minimum absolute atomic E-state index is 0.161. The average Bonchev–Trinajstić information content (AvgIpc) is 2.41. The minimum atomic E-state index is -0.510. The van der Waals surface area contributed by atoms with E-state index >= 15 is 0 Å². The number of hydrogen-bond donors (Lipinski definition) is 2. The van der Waals surface area contributed by atoms with E-state index < -0.39 is 5.97 Å². The molecule has 0 heterocycles. The number of esters is 1. The number of carbonyl (C=O) groups is 2. The van der Waals surface area contributed by atoms with E-state index in [9.17, 15) is 9.59 Å². The Morgan fingerprint density at radius 2 is 2.00 bits per heavy atom. The molecule has 0 bridgehead atoms. The summed E-state index contributed by atoms with van der Waals surface area (Å²) in [5, 5.41) is 2.73. The molecule has 0 aliphatic heterocycles. The maximum atomic E-state index is 11.9. The number of nitrogens with two attached hydrogens (primary N) is 1. The normalized spacial score (nSPS) is 10.2. The standard InChI is InChI=1S/C13H16Br2N2O3/c1-20-13(19)9-6-8(14)7-10(15)12(9)17-11(18)4-2-3-5-16/h6-7H,2-5,16H2,1H3,(H,17,18). The van der Waals surface area contributed by atoms with Crippen molar-refractivity contribution in [3.8, 4) is 0 Å². The zero-order valence-electron chi connectivity index (χ0n) is 11.0. The molecule has 20 heavy (non-hydrogen) atoms. The molecule has 0 saturated heterocycles. The van der Waals surface area contributed by atoms with Crippen molar-refractivity contribution >= 4 is 49.4 Å². The van der Waals surface area contributed by atoms with Gasteiger partial charge in [0.2, 0.25) is 5.91 Å². The number of ether oxygens (including phenoxy) is 1. The molecular formula is C13H16Br2N2O3. The number of methoxy groups -OCH3 is 1. The van der Waals surface area contributed by atoms with E-state index in [-0.39, 0.29) is 5.91 Å². The van der Waals surface area contributed by atoms with Gasteiger partial charge in [-0.3, -0.25) is 4.79 Å². The molecule has 0 aromatic heterocycles. The van der Waals surface area contributed by atoms with Gasteiger partial charge in [-0.05, 0) is 47.4 Å². The van der Waals surface area contributed by atoms with Gasteiger partial charge in [-0.1, -0.05) is 15.9 Å². The molecule has 5 nitrogen and oxygen atoms in total. The van der Waals surface area contributed by atoms with E-state index in [4.69, 9.17) is 10.5 Å². The van der Waals surface area contributed by atoms with Gasteiger partial charge in [0.25, 0.3) is 0 Å². The van der Waals surface area contributed by atoms with E-state index in [1.165, 1.54) is 7.11 Å². The Balaban J connectivity index is 2.93. The molecule has 1 aromatic rings. The third kappa shape index (κ3) is 4.88. The van der Waals surface area contributed by atoms with Crippen LogP contribution in [0.2, 0.25) is 0 Å². The van der Waals surface area contributed by atoms with Crippen LogP contribution in [0.15, 0.2) is 21.1 Å². The lowest BCUT2D eigenvalue weighted by molar-refractivity contribution is -0.116. The number of halogens is 2. The van der Waals surface area contributed by atoms with Gasteiger partial charge >= 0.3 is 5.97 Å². The Hall–Kier alpha value is -0.920. The Morgan fingerprint density at radius 1 is 1.30 bits per heavy atom. The molecule has 0 fully saturated rings. The second kappa shape index (κ2) is 8.39. The smallest absolute Gasteiger partial charge is 0.340 e. The fourth-order valence-corrected chi connectivity index (χ4v) is 2.93. The first-order valence-corrected chi connectivity index (χ1v) is 7.65. The molecule has 7 heteroatoms.